The van der Waals surface area contributed by atoms with Gasteiger partial charge in [0.15, 0.2) is 5.78 Å². The second-order valence-corrected chi connectivity index (χ2v) is 5.50. The van der Waals surface area contributed by atoms with Crippen LogP contribution < -0.4 is 9.47 Å². The SMILES string of the molecule is COc1ccc(/C=C/C(=O)c2ccc(C)s2)c(OC)c1. The van der Waals surface area contributed by atoms with Gasteiger partial charge in [-0.05, 0) is 43.3 Å². The second-order valence-electron chi connectivity index (χ2n) is 4.22. The van der Waals surface area contributed by atoms with E-state index in [-0.39, 0.29) is 5.78 Å². The minimum atomic E-state index is 0.000899. The van der Waals surface area contributed by atoms with Crippen LogP contribution in [-0.4, -0.2) is 20.0 Å². The normalized spacial score (nSPS) is 10.8. The molecule has 1 heterocycles. The number of ether oxygens (including phenoxy) is 2. The summed E-state index contributed by atoms with van der Waals surface area (Å²) in [5.41, 5.74) is 0.843. The van der Waals surface area contributed by atoms with Gasteiger partial charge in [0, 0.05) is 16.5 Å². The van der Waals surface area contributed by atoms with E-state index in [0.29, 0.717) is 5.75 Å². The minimum Gasteiger partial charge on any atom is -0.497 e. The highest BCUT2D eigenvalue weighted by Gasteiger charge is 2.06. The van der Waals surface area contributed by atoms with E-state index in [9.17, 15) is 4.79 Å². The van der Waals surface area contributed by atoms with Crippen LogP contribution in [0.25, 0.3) is 6.08 Å². The lowest BCUT2D eigenvalue weighted by Gasteiger charge is -2.07. The van der Waals surface area contributed by atoms with Gasteiger partial charge in [-0.15, -0.1) is 11.3 Å². The fraction of sp³-hybridized carbons (Fsp3) is 0.188. The van der Waals surface area contributed by atoms with Gasteiger partial charge in [0.25, 0.3) is 0 Å². The largest absolute Gasteiger partial charge is 0.497 e. The number of benzene rings is 1. The van der Waals surface area contributed by atoms with E-state index in [0.717, 1.165) is 21.1 Å². The lowest BCUT2D eigenvalue weighted by atomic mass is 10.1. The highest BCUT2D eigenvalue weighted by atomic mass is 32.1. The molecule has 0 spiro atoms. The zero-order valence-corrected chi connectivity index (χ0v) is 12.5. The first-order valence-corrected chi connectivity index (χ1v) is 6.96. The Morgan fingerprint density at radius 1 is 1.15 bits per heavy atom. The average molecular weight is 288 g/mol. The molecule has 0 saturated carbocycles. The maximum absolute atomic E-state index is 12.0. The predicted molar refractivity (Wildman–Crippen MR) is 82.0 cm³/mol. The number of rotatable bonds is 5. The number of hydrogen-bond acceptors (Lipinski definition) is 4. The van der Waals surface area contributed by atoms with Crippen molar-refractivity contribution in [1.29, 1.82) is 0 Å². The van der Waals surface area contributed by atoms with Crippen LogP contribution in [0, 0.1) is 6.92 Å². The van der Waals surface area contributed by atoms with E-state index in [1.807, 2.05) is 31.2 Å². The van der Waals surface area contributed by atoms with Gasteiger partial charge in [-0.25, -0.2) is 0 Å². The van der Waals surface area contributed by atoms with Crippen LogP contribution in [0.4, 0.5) is 0 Å². The Kier molecular flexibility index (Phi) is 4.58. The molecule has 104 valence electrons. The monoisotopic (exact) mass is 288 g/mol. The molecule has 0 aliphatic carbocycles. The van der Waals surface area contributed by atoms with Gasteiger partial charge in [-0.2, -0.15) is 0 Å². The van der Waals surface area contributed by atoms with Crippen molar-refractivity contribution in [3.05, 3.63) is 51.7 Å². The molecule has 0 radical (unpaired) electrons. The topological polar surface area (TPSA) is 35.5 Å². The maximum atomic E-state index is 12.0. The number of allylic oxidation sites excluding steroid dienone is 1. The summed E-state index contributed by atoms with van der Waals surface area (Å²) in [5, 5.41) is 0. The Hall–Kier alpha value is -2.07. The van der Waals surface area contributed by atoms with Crippen LogP contribution in [0.1, 0.15) is 20.1 Å². The fourth-order valence-corrected chi connectivity index (χ4v) is 2.56. The van der Waals surface area contributed by atoms with E-state index in [2.05, 4.69) is 0 Å². The van der Waals surface area contributed by atoms with Crippen LogP contribution in [0.2, 0.25) is 0 Å². The first-order valence-electron chi connectivity index (χ1n) is 6.15. The summed E-state index contributed by atoms with van der Waals surface area (Å²) in [6, 6.07) is 9.28. The standard InChI is InChI=1S/C16H16O3S/c1-11-4-9-16(20-11)14(17)8-6-12-5-7-13(18-2)10-15(12)19-3/h4-10H,1-3H3/b8-6+. The number of hydrogen-bond donors (Lipinski definition) is 0. The van der Waals surface area contributed by atoms with Crippen molar-refractivity contribution in [2.24, 2.45) is 0 Å². The van der Waals surface area contributed by atoms with Crippen molar-refractivity contribution >= 4 is 23.2 Å². The predicted octanol–water partition coefficient (Wildman–Crippen LogP) is 3.97. The van der Waals surface area contributed by atoms with E-state index >= 15 is 0 Å². The Balaban J connectivity index is 2.20. The number of thiophene rings is 1. The summed E-state index contributed by atoms with van der Waals surface area (Å²) in [6.07, 6.45) is 3.32. The van der Waals surface area contributed by atoms with E-state index in [4.69, 9.17) is 9.47 Å². The lowest BCUT2D eigenvalue weighted by Crippen LogP contribution is -1.92. The molecule has 3 nitrogen and oxygen atoms in total. The summed E-state index contributed by atoms with van der Waals surface area (Å²) in [4.78, 5) is 13.9. The third-order valence-corrected chi connectivity index (χ3v) is 3.85. The van der Waals surface area contributed by atoms with Gasteiger partial charge < -0.3 is 9.47 Å². The zero-order chi connectivity index (χ0) is 14.5. The zero-order valence-electron chi connectivity index (χ0n) is 11.7. The number of aryl methyl sites for hydroxylation is 1. The maximum Gasteiger partial charge on any atom is 0.195 e. The van der Waals surface area contributed by atoms with Gasteiger partial charge in [0.1, 0.15) is 11.5 Å². The van der Waals surface area contributed by atoms with Crippen molar-refractivity contribution in [3.8, 4) is 11.5 Å². The Labute approximate surface area is 122 Å². The summed E-state index contributed by atoms with van der Waals surface area (Å²) >= 11 is 1.49. The quantitative estimate of drug-likeness (QED) is 0.617. The molecule has 0 amide bonds. The van der Waals surface area contributed by atoms with Crippen molar-refractivity contribution in [1.82, 2.24) is 0 Å². The van der Waals surface area contributed by atoms with Gasteiger partial charge in [-0.1, -0.05) is 0 Å². The van der Waals surface area contributed by atoms with E-state index in [1.165, 1.54) is 11.3 Å². The van der Waals surface area contributed by atoms with Gasteiger partial charge in [0.2, 0.25) is 0 Å². The summed E-state index contributed by atoms with van der Waals surface area (Å²) in [6.45, 7) is 1.98. The molecule has 1 aromatic carbocycles. The number of ketones is 1. The van der Waals surface area contributed by atoms with Gasteiger partial charge in [0.05, 0.1) is 19.1 Å². The third kappa shape index (κ3) is 3.27. The highest BCUT2D eigenvalue weighted by molar-refractivity contribution is 7.14. The number of carbonyl (C=O) groups is 1. The summed E-state index contributed by atoms with van der Waals surface area (Å²) < 4.78 is 10.4. The van der Waals surface area contributed by atoms with Crippen molar-refractivity contribution in [2.45, 2.75) is 6.92 Å². The molecule has 4 heteroatoms. The molecule has 2 rings (SSSR count). The molecule has 0 aliphatic heterocycles. The fourth-order valence-electron chi connectivity index (χ4n) is 1.77. The third-order valence-electron chi connectivity index (χ3n) is 2.84. The Morgan fingerprint density at radius 2 is 1.95 bits per heavy atom. The Bertz CT molecular complexity index is 641. The lowest BCUT2D eigenvalue weighted by molar-refractivity contribution is 0.105. The first kappa shape index (κ1) is 14.3. The minimum absolute atomic E-state index is 0.000899. The molecule has 0 bridgehead atoms. The molecule has 0 N–H and O–H groups in total. The number of methoxy groups -OCH3 is 2. The molecule has 0 fully saturated rings. The molecular formula is C16H16O3S. The molecule has 0 aliphatic rings. The molecular weight excluding hydrogens is 272 g/mol. The van der Waals surface area contributed by atoms with Crippen LogP contribution in [0.5, 0.6) is 11.5 Å². The van der Waals surface area contributed by atoms with Crippen molar-refractivity contribution < 1.29 is 14.3 Å². The summed E-state index contributed by atoms with van der Waals surface area (Å²) in [7, 11) is 3.20. The molecule has 1 aromatic heterocycles. The van der Waals surface area contributed by atoms with Crippen LogP contribution in [0.3, 0.4) is 0 Å². The molecule has 0 saturated heterocycles. The molecule has 0 atom stereocenters. The van der Waals surface area contributed by atoms with E-state index in [1.54, 1.807) is 32.4 Å². The van der Waals surface area contributed by atoms with Crippen LogP contribution in [0.15, 0.2) is 36.4 Å². The first-order chi connectivity index (χ1) is 9.63. The van der Waals surface area contributed by atoms with E-state index < -0.39 is 0 Å². The molecule has 2 aromatic rings. The summed E-state index contributed by atoms with van der Waals surface area (Å²) in [5.74, 6) is 1.40. The Morgan fingerprint density at radius 3 is 2.55 bits per heavy atom. The van der Waals surface area contributed by atoms with Crippen molar-refractivity contribution in [3.63, 3.8) is 0 Å². The smallest absolute Gasteiger partial charge is 0.195 e. The van der Waals surface area contributed by atoms with Gasteiger partial charge >= 0.3 is 0 Å². The number of carbonyl (C=O) groups excluding carboxylic acids is 1. The highest BCUT2D eigenvalue weighted by Crippen LogP contribution is 2.26. The van der Waals surface area contributed by atoms with Crippen LogP contribution >= 0.6 is 11.3 Å². The van der Waals surface area contributed by atoms with Gasteiger partial charge in [-0.3, -0.25) is 4.79 Å². The van der Waals surface area contributed by atoms with Crippen LogP contribution in [-0.2, 0) is 0 Å². The second kappa shape index (κ2) is 6.39. The molecule has 20 heavy (non-hydrogen) atoms. The van der Waals surface area contributed by atoms with Crippen molar-refractivity contribution in [2.75, 3.05) is 14.2 Å². The average Bonchev–Trinajstić information content (AvgIpc) is 2.91. The molecule has 0 unspecified atom stereocenters.